The molecule has 0 saturated carbocycles. The number of carbonyl (C=O) groups excluding carboxylic acids is 1. The SMILES string of the molecule is CCOC(=O)Cn1c(-c2ccccc2)cc(-c2ccccc2)c(C#N)c1=O. The van der Waals surface area contributed by atoms with Gasteiger partial charge in [0.15, 0.2) is 0 Å². The summed E-state index contributed by atoms with van der Waals surface area (Å²) in [5.41, 5.74) is 2.15. The van der Waals surface area contributed by atoms with Crippen LogP contribution in [0.3, 0.4) is 0 Å². The molecule has 0 radical (unpaired) electrons. The van der Waals surface area contributed by atoms with E-state index >= 15 is 0 Å². The van der Waals surface area contributed by atoms with Crippen LogP contribution in [0.25, 0.3) is 22.4 Å². The average Bonchev–Trinajstić information content (AvgIpc) is 2.70. The molecular formula is C22H18N2O3. The van der Waals surface area contributed by atoms with E-state index in [1.54, 1.807) is 13.0 Å². The van der Waals surface area contributed by atoms with Gasteiger partial charge in [-0.1, -0.05) is 60.7 Å². The third-order valence-corrected chi connectivity index (χ3v) is 4.16. The number of benzene rings is 2. The van der Waals surface area contributed by atoms with Crippen molar-refractivity contribution in [2.75, 3.05) is 6.61 Å². The fraction of sp³-hybridized carbons (Fsp3) is 0.136. The van der Waals surface area contributed by atoms with Gasteiger partial charge in [0.2, 0.25) is 0 Å². The normalized spacial score (nSPS) is 10.2. The van der Waals surface area contributed by atoms with E-state index < -0.39 is 11.5 Å². The first kappa shape index (κ1) is 18.2. The van der Waals surface area contributed by atoms with Crippen LogP contribution >= 0.6 is 0 Å². The standard InChI is InChI=1S/C22H18N2O3/c1-2-27-21(25)15-24-20(17-11-7-4-8-12-17)13-18(19(14-23)22(24)26)16-9-5-3-6-10-16/h3-13H,2,15H2,1H3. The zero-order chi connectivity index (χ0) is 19.2. The molecule has 1 heterocycles. The van der Waals surface area contributed by atoms with E-state index in [2.05, 4.69) is 0 Å². The molecule has 2 aromatic carbocycles. The molecule has 3 rings (SSSR count). The van der Waals surface area contributed by atoms with Gasteiger partial charge in [-0.2, -0.15) is 5.26 Å². The molecule has 0 fully saturated rings. The highest BCUT2D eigenvalue weighted by Crippen LogP contribution is 2.27. The molecule has 0 aliphatic heterocycles. The Kier molecular flexibility index (Phi) is 5.48. The Hall–Kier alpha value is -3.65. The van der Waals surface area contributed by atoms with Crippen LogP contribution in [0.15, 0.2) is 71.5 Å². The largest absolute Gasteiger partial charge is 0.465 e. The van der Waals surface area contributed by atoms with Crippen LogP contribution in [0.2, 0.25) is 0 Å². The predicted molar refractivity (Wildman–Crippen MR) is 103 cm³/mol. The second kappa shape index (κ2) is 8.15. The van der Waals surface area contributed by atoms with Crippen molar-refractivity contribution in [1.29, 1.82) is 5.26 Å². The summed E-state index contributed by atoms with van der Waals surface area (Å²) in [5, 5.41) is 9.60. The Morgan fingerprint density at radius 2 is 1.63 bits per heavy atom. The molecule has 0 atom stereocenters. The molecule has 1 aromatic heterocycles. The molecule has 27 heavy (non-hydrogen) atoms. The second-order valence-electron chi connectivity index (χ2n) is 5.86. The van der Waals surface area contributed by atoms with Gasteiger partial charge in [-0.25, -0.2) is 0 Å². The maximum Gasteiger partial charge on any atom is 0.326 e. The minimum Gasteiger partial charge on any atom is -0.465 e. The number of carbonyl (C=O) groups is 1. The number of hydrogen-bond acceptors (Lipinski definition) is 4. The van der Waals surface area contributed by atoms with Crippen LogP contribution in [0.1, 0.15) is 12.5 Å². The molecule has 3 aromatic rings. The molecule has 0 saturated heterocycles. The monoisotopic (exact) mass is 358 g/mol. The van der Waals surface area contributed by atoms with Crippen LogP contribution in [-0.2, 0) is 16.1 Å². The molecule has 0 amide bonds. The Labute approximate surface area is 157 Å². The zero-order valence-corrected chi connectivity index (χ0v) is 14.9. The maximum absolute atomic E-state index is 13.1. The Morgan fingerprint density at radius 3 is 2.19 bits per heavy atom. The number of esters is 1. The summed E-state index contributed by atoms with van der Waals surface area (Å²) in [6, 6.07) is 22.4. The number of pyridine rings is 1. The van der Waals surface area contributed by atoms with Gasteiger partial charge in [-0.05, 0) is 24.1 Å². The van der Waals surface area contributed by atoms with Crippen LogP contribution in [0.4, 0.5) is 0 Å². The number of aromatic nitrogens is 1. The van der Waals surface area contributed by atoms with E-state index in [0.29, 0.717) is 11.3 Å². The van der Waals surface area contributed by atoms with Gasteiger partial charge in [-0.3, -0.25) is 14.2 Å². The molecule has 0 N–H and O–H groups in total. The number of hydrogen-bond donors (Lipinski definition) is 0. The van der Waals surface area contributed by atoms with Crippen LogP contribution < -0.4 is 5.56 Å². The second-order valence-corrected chi connectivity index (χ2v) is 5.86. The van der Waals surface area contributed by atoms with Crippen molar-refractivity contribution in [3.05, 3.63) is 82.6 Å². The molecule has 134 valence electrons. The molecule has 0 spiro atoms. The molecule has 0 aliphatic rings. The topological polar surface area (TPSA) is 72.1 Å². The summed E-state index contributed by atoms with van der Waals surface area (Å²) >= 11 is 0. The molecule has 0 unspecified atom stereocenters. The third kappa shape index (κ3) is 3.80. The van der Waals surface area contributed by atoms with Gasteiger partial charge in [-0.15, -0.1) is 0 Å². The van der Waals surface area contributed by atoms with Crippen molar-refractivity contribution in [3.63, 3.8) is 0 Å². The van der Waals surface area contributed by atoms with Crippen LogP contribution in [-0.4, -0.2) is 17.1 Å². The summed E-state index contributed by atoms with van der Waals surface area (Å²) in [6.07, 6.45) is 0. The first-order valence-corrected chi connectivity index (χ1v) is 8.60. The van der Waals surface area contributed by atoms with Gasteiger partial charge in [0, 0.05) is 5.56 Å². The van der Waals surface area contributed by atoms with E-state index in [1.165, 1.54) is 4.57 Å². The van der Waals surface area contributed by atoms with E-state index in [-0.39, 0.29) is 18.7 Å². The van der Waals surface area contributed by atoms with Gasteiger partial charge in [0.1, 0.15) is 18.2 Å². The van der Waals surface area contributed by atoms with Crippen molar-refractivity contribution in [3.8, 4) is 28.5 Å². The minimum atomic E-state index is -0.520. The predicted octanol–water partition coefficient (Wildman–Crippen LogP) is 3.62. The minimum absolute atomic E-state index is 0.00480. The summed E-state index contributed by atoms with van der Waals surface area (Å²) < 4.78 is 6.30. The highest BCUT2D eigenvalue weighted by molar-refractivity contribution is 5.77. The first-order chi connectivity index (χ1) is 13.2. The lowest BCUT2D eigenvalue weighted by Gasteiger charge is -2.16. The quantitative estimate of drug-likeness (QED) is 0.653. The summed E-state index contributed by atoms with van der Waals surface area (Å²) in [6.45, 7) is 1.68. The summed E-state index contributed by atoms with van der Waals surface area (Å²) in [5.74, 6) is -0.520. The molecule has 0 aliphatic carbocycles. The number of nitrogens with zero attached hydrogens (tertiary/aromatic N) is 2. The Bertz CT molecular complexity index is 1050. The molecule has 5 nitrogen and oxygen atoms in total. The van der Waals surface area contributed by atoms with Gasteiger partial charge in [0.05, 0.1) is 12.3 Å². The van der Waals surface area contributed by atoms with Crippen molar-refractivity contribution in [1.82, 2.24) is 4.57 Å². The van der Waals surface area contributed by atoms with E-state index in [4.69, 9.17) is 4.74 Å². The van der Waals surface area contributed by atoms with Crippen molar-refractivity contribution >= 4 is 5.97 Å². The summed E-state index contributed by atoms with van der Waals surface area (Å²) in [7, 11) is 0. The number of ether oxygens (including phenoxy) is 1. The van der Waals surface area contributed by atoms with Crippen molar-refractivity contribution in [2.24, 2.45) is 0 Å². The Balaban J connectivity index is 2.28. The maximum atomic E-state index is 13.1. The van der Waals surface area contributed by atoms with Gasteiger partial charge < -0.3 is 4.74 Å². The Morgan fingerprint density at radius 1 is 1.04 bits per heavy atom. The molecular weight excluding hydrogens is 340 g/mol. The highest BCUT2D eigenvalue weighted by Gasteiger charge is 2.19. The average molecular weight is 358 g/mol. The number of nitriles is 1. The van der Waals surface area contributed by atoms with Crippen LogP contribution in [0, 0.1) is 11.3 Å². The zero-order valence-electron chi connectivity index (χ0n) is 14.9. The van der Waals surface area contributed by atoms with Gasteiger partial charge >= 0.3 is 5.97 Å². The smallest absolute Gasteiger partial charge is 0.326 e. The fourth-order valence-electron chi connectivity index (χ4n) is 2.94. The van der Waals surface area contributed by atoms with E-state index in [0.717, 1.165) is 11.1 Å². The lowest BCUT2D eigenvalue weighted by molar-refractivity contribution is -0.143. The lowest BCUT2D eigenvalue weighted by Crippen LogP contribution is -2.29. The van der Waals surface area contributed by atoms with Crippen molar-refractivity contribution in [2.45, 2.75) is 13.5 Å². The lowest BCUT2D eigenvalue weighted by atomic mass is 9.98. The highest BCUT2D eigenvalue weighted by atomic mass is 16.5. The summed E-state index contributed by atoms with van der Waals surface area (Å²) in [4.78, 5) is 25.1. The van der Waals surface area contributed by atoms with Crippen molar-refractivity contribution < 1.29 is 9.53 Å². The molecule has 0 bridgehead atoms. The van der Waals surface area contributed by atoms with Crippen LogP contribution in [0.5, 0.6) is 0 Å². The van der Waals surface area contributed by atoms with Gasteiger partial charge in [0.25, 0.3) is 5.56 Å². The molecule has 5 heteroatoms. The third-order valence-electron chi connectivity index (χ3n) is 4.16. The first-order valence-electron chi connectivity index (χ1n) is 8.60. The van der Waals surface area contributed by atoms with E-state index in [1.807, 2.05) is 66.7 Å². The fourth-order valence-corrected chi connectivity index (χ4v) is 2.94. The van der Waals surface area contributed by atoms with E-state index in [9.17, 15) is 14.9 Å². The number of rotatable bonds is 5.